The largest absolute Gasteiger partial charge is 0.356 e. The van der Waals surface area contributed by atoms with Crippen LogP contribution in [0.4, 0.5) is 0 Å². The highest BCUT2D eigenvalue weighted by atomic mass is 32.1. The fraction of sp³-hybridized carbons (Fsp3) is 0.583. The Morgan fingerprint density at radius 3 is 2.78 bits per heavy atom. The highest BCUT2D eigenvalue weighted by Gasteiger charge is 2.41. The van der Waals surface area contributed by atoms with Gasteiger partial charge in [0.2, 0.25) is 5.91 Å². The molecular weight excluding hydrogens is 250 g/mol. The third-order valence-electron chi connectivity index (χ3n) is 3.95. The van der Waals surface area contributed by atoms with Crippen molar-refractivity contribution in [3.05, 3.63) is 16.6 Å². The first-order valence-electron chi connectivity index (χ1n) is 6.13. The molecule has 2 aliphatic heterocycles. The summed E-state index contributed by atoms with van der Waals surface area (Å²) in [6.07, 6.45) is 4.07. The second-order valence-corrected chi connectivity index (χ2v) is 6.00. The van der Waals surface area contributed by atoms with E-state index in [1.54, 1.807) is 11.7 Å². The molecule has 2 aliphatic rings. The average Bonchev–Trinajstić information content (AvgIpc) is 3.00. The summed E-state index contributed by atoms with van der Waals surface area (Å²) in [5.74, 6) is 0.224. The van der Waals surface area contributed by atoms with Crippen LogP contribution in [0.25, 0.3) is 0 Å². The Kier molecular flexibility index (Phi) is 2.81. The minimum Gasteiger partial charge on any atom is -0.356 e. The summed E-state index contributed by atoms with van der Waals surface area (Å²) in [7, 11) is 0. The molecule has 3 heterocycles. The number of likely N-dealkylation sites (tertiary alicyclic amines) is 1. The standard InChI is InChI=1S/C12H15N3O2S/c16-10-5-12(7-14-10)1-3-15(4-2-12)11(17)9-6-13-8-18-9/h6,8H,1-5,7H2,(H,14,16). The molecule has 2 saturated heterocycles. The van der Waals surface area contributed by atoms with Gasteiger partial charge in [0.25, 0.3) is 5.91 Å². The van der Waals surface area contributed by atoms with Crippen LogP contribution >= 0.6 is 11.3 Å². The minimum absolute atomic E-state index is 0.0737. The predicted molar refractivity (Wildman–Crippen MR) is 67.3 cm³/mol. The first kappa shape index (κ1) is 11.6. The lowest BCUT2D eigenvalue weighted by Gasteiger charge is -2.37. The van der Waals surface area contributed by atoms with Crippen molar-refractivity contribution in [1.82, 2.24) is 15.2 Å². The van der Waals surface area contributed by atoms with Gasteiger partial charge in [-0.15, -0.1) is 11.3 Å². The van der Waals surface area contributed by atoms with E-state index in [0.717, 1.165) is 32.5 Å². The van der Waals surface area contributed by atoms with E-state index in [4.69, 9.17) is 0 Å². The zero-order chi connectivity index (χ0) is 12.6. The molecule has 0 unspecified atom stereocenters. The molecule has 0 bridgehead atoms. The molecule has 18 heavy (non-hydrogen) atoms. The Morgan fingerprint density at radius 1 is 1.44 bits per heavy atom. The quantitative estimate of drug-likeness (QED) is 0.820. The first-order chi connectivity index (χ1) is 8.69. The van der Waals surface area contributed by atoms with Crippen LogP contribution in [0.5, 0.6) is 0 Å². The lowest BCUT2D eigenvalue weighted by atomic mass is 9.77. The number of piperidine rings is 1. The minimum atomic E-state index is 0.0737. The molecule has 96 valence electrons. The SMILES string of the molecule is O=C1CC2(CCN(C(=O)c3cncs3)CC2)CN1. The van der Waals surface area contributed by atoms with Gasteiger partial charge in [0.15, 0.2) is 0 Å². The number of hydrogen-bond acceptors (Lipinski definition) is 4. The maximum Gasteiger partial charge on any atom is 0.265 e. The summed E-state index contributed by atoms with van der Waals surface area (Å²) < 4.78 is 0. The molecule has 0 saturated carbocycles. The van der Waals surface area contributed by atoms with E-state index in [9.17, 15) is 9.59 Å². The van der Waals surface area contributed by atoms with Crippen molar-refractivity contribution >= 4 is 23.2 Å². The van der Waals surface area contributed by atoms with Gasteiger partial charge in [-0.3, -0.25) is 14.6 Å². The van der Waals surface area contributed by atoms with Crippen molar-refractivity contribution in [2.24, 2.45) is 5.41 Å². The van der Waals surface area contributed by atoms with Gasteiger partial charge in [0.1, 0.15) is 4.88 Å². The number of amides is 2. The number of carbonyl (C=O) groups is 2. The van der Waals surface area contributed by atoms with Crippen LogP contribution in [0.1, 0.15) is 28.9 Å². The van der Waals surface area contributed by atoms with Gasteiger partial charge < -0.3 is 10.2 Å². The molecular formula is C12H15N3O2S. The molecule has 1 N–H and O–H groups in total. The van der Waals surface area contributed by atoms with Crippen molar-refractivity contribution in [3.8, 4) is 0 Å². The molecule has 1 aromatic heterocycles. The average molecular weight is 265 g/mol. The maximum absolute atomic E-state index is 12.1. The number of thiazole rings is 1. The van der Waals surface area contributed by atoms with Gasteiger partial charge in [-0.1, -0.05) is 0 Å². The summed E-state index contributed by atoms with van der Waals surface area (Å²) in [5.41, 5.74) is 1.78. The van der Waals surface area contributed by atoms with Crippen molar-refractivity contribution in [2.45, 2.75) is 19.3 Å². The fourth-order valence-corrected chi connectivity index (χ4v) is 3.35. The number of aromatic nitrogens is 1. The van der Waals surface area contributed by atoms with Gasteiger partial charge in [0, 0.05) is 26.1 Å². The Bertz CT molecular complexity index is 464. The molecule has 2 amide bonds. The summed E-state index contributed by atoms with van der Waals surface area (Å²) in [5, 5.41) is 2.90. The van der Waals surface area contributed by atoms with E-state index in [1.165, 1.54) is 11.3 Å². The van der Waals surface area contributed by atoms with Crippen molar-refractivity contribution in [1.29, 1.82) is 0 Å². The number of carbonyl (C=O) groups excluding carboxylic acids is 2. The third kappa shape index (κ3) is 2.01. The number of hydrogen-bond donors (Lipinski definition) is 1. The zero-order valence-corrected chi connectivity index (χ0v) is 10.8. The van der Waals surface area contributed by atoms with Crippen molar-refractivity contribution in [2.75, 3.05) is 19.6 Å². The molecule has 0 aromatic carbocycles. The first-order valence-corrected chi connectivity index (χ1v) is 7.01. The predicted octanol–water partition coefficient (Wildman–Crippen LogP) is 0.885. The molecule has 3 rings (SSSR count). The molecule has 6 heteroatoms. The molecule has 1 spiro atoms. The van der Waals surface area contributed by atoms with E-state index >= 15 is 0 Å². The van der Waals surface area contributed by atoms with Crippen molar-refractivity contribution in [3.63, 3.8) is 0 Å². The molecule has 5 nitrogen and oxygen atoms in total. The highest BCUT2D eigenvalue weighted by Crippen LogP contribution is 2.37. The van der Waals surface area contributed by atoms with Crippen LogP contribution in [-0.4, -0.2) is 41.3 Å². The molecule has 0 radical (unpaired) electrons. The maximum atomic E-state index is 12.1. The van der Waals surface area contributed by atoms with E-state index in [0.29, 0.717) is 11.3 Å². The lowest BCUT2D eigenvalue weighted by molar-refractivity contribution is -0.119. The summed E-state index contributed by atoms with van der Waals surface area (Å²) in [6, 6.07) is 0. The monoisotopic (exact) mass is 265 g/mol. The molecule has 2 fully saturated rings. The summed E-state index contributed by atoms with van der Waals surface area (Å²) in [4.78, 5) is 30.0. The topological polar surface area (TPSA) is 62.3 Å². The highest BCUT2D eigenvalue weighted by molar-refractivity contribution is 7.11. The number of nitrogens with one attached hydrogen (secondary N) is 1. The van der Waals surface area contributed by atoms with Crippen molar-refractivity contribution < 1.29 is 9.59 Å². The Morgan fingerprint density at radius 2 is 2.22 bits per heavy atom. The summed E-state index contributed by atoms with van der Waals surface area (Å²) >= 11 is 1.38. The van der Waals surface area contributed by atoms with Gasteiger partial charge in [-0.2, -0.15) is 0 Å². The van der Waals surface area contributed by atoms with E-state index in [-0.39, 0.29) is 17.2 Å². The Hall–Kier alpha value is -1.43. The van der Waals surface area contributed by atoms with E-state index < -0.39 is 0 Å². The van der Waals surface area contributed by atoms with Crippen LogP contribution < -0.4 is 5.32 Å². The van der Waals surface area contributed by atoms with E-state index in [2.05, 4.69) is 10.3 Å². The van der Waals surface area contributed by atoms with Gasteiger partial charge in [-0.05, 0) is 18.3 Å². The van der Waals surface area contributed by atoms with Gasteiger partial charge in [0.05, 0.1) is 11.7 Å². The van der Waals surface area contributed by atoms with Crippen LogP contribution in [0.3, 0.4) is 0 Å². The number of nitrogens with zero attached hydrogens (tertiary/aromatic N) is 2. The second-order valence-electron chi connectivity index (χ2n) is 5.11. The van der Waals surface area contributed by atoms with Crippen LogP contribution in [0, 0.1) is 5.41 Å². The molecule has 0 aliphatic carbocycles. The fourth-order valence-electron chi connectivity index (χ4n) is 2.77. The third-order valence-corrected chi connectivity index (χ3v) is 4.71. The normalized spacial score (nSPS) is 22.2. The number of rotatable bonds is 1. The van der Waals surface area contributed by atoms with Gasteiger partial charge >= 0.3 is 0 Å². The van der Waals surface area contributed by atoms with Crippen LogP contribution in [0.15, 0.2) is 11.7 Å². The Balaban J connectivity index is 1.64. The summed E-state index contributed by atoms with van der Waals surface area (Å²) in [6.45, 7) is 2.26. The van der Waals surface area contributed by atoms with Gasteiger partial charge in [-0.25, -0.2) is 0 Å². The molecule has 0 atom stereocenters. The zero-order valence-electron chi connectivity index (χ0n) is 10.0. The van der Waals surface area contributed by atoms with Crippen LogP contribution in [-0.2, 0) is 4.79 Å². The Labute approximate surface area is 109 Å². The molecule has 1 aromatic rings. The second kappa shape index (κ2) is 4.35. The lowest BCUT2D eigenvalue weighted by Crippen LogP contribution is -2.43. The van der Waals surface area contributed by atoms with Crippen LogP contribution in [0.2, 0.25) is 0 Å². The smallest absolute Gasteiger partial charge is 0.265 e. The van der Waals surface area contributed by atoms with E-state index in [1.807, 2.05) is 4.90 Å².